The molecule has 1 N–H and O–H groups in total. The quantitative estimate of drug-likeness (QED) is 0.391. The third-order valence-electron chi connectivity index (χ3n) is 7.51. The molecule has 1 fully saturated rings. The zero-order chi connectivity index (χ0) is 32.5. The Morgan fingerprint density at radius 3 is 2.27 bits per heavy atom. The number of amidine groups is 1. The summed E-state index contributed by atoms with van der Waals surface area (Å²) in [6.07, 6.45) is 0. The van der Waals surface area contributed by atoms with Crippen LogP contribution >= 0.6 is 23.2 Å². The summed E-state index contributed by atoms with van der Waals surface area (Å²) in [6, 6.07) is 16.8. The molecule has 2 atom stereocenters. The zero-order valence-electron chi connectivity index (χ0n) is 24.7. The van der Waals surface area contributed by atoms with Crippen LogP contribution in [0.15, 0.2) is 70.6 Å². The molecule has 14 heteroatoms. The normalized spacial score (nSPS) is 18.4. The minimum Gasteiger partial charge on any atom is -0.493 e. The van der Waals surface area contributed by atoms with Crippen molar-refractivity contribution >= 4 is 51.0 Å². The molecule has 1 saturated heterocycles. The van der Waals surface area contributed by atoms with E-state index in [-0.39, 0.29) is 59.8 Å². The van der Waals surface area contributed by atoms with E-state index >= 15 is 0 Å². The van der Waals surface area contributed by atoms with E-state index in [1.807, 2.05) is 18.2 Å². The molecular weight excluding hydrogens is 639 g/mol. The summed E-state index contributed by atoms with van der Waals surface area (Å²) < 4.78 is 33.8. The number of hydrogen-bond donors (Lipinski definition) is 1. The van der Waals surface area contributed by atoms with Crippen LogP contribution in [0.4, 0.5) is 4.79 Å². The van der Waals surface area contributed by atoms with Crippen LogP contribution in [0.25, 0.3) is 0 Å². The number of piperazine rings is 1. The van der Waals surface area contributed by atoms with Crippen LogP contribution in [0.1, 0.15) is 41.3 Å². The lowest BCUT2D eigenvalue weighted by molar-refractivity contribution is -0.123. The fourth-order valence-electron chi connectivity index (χ4n) is 5.32. The first-order valence-corrected chi connectivity index (χ1v) is 16.2. The number of halogens is 2. The van der Waals surface area contributed by atoms with Gasteiger partial charge in [0, 0.05) is 43.3 Å². The maximum Gasteiger partial charge on any atom is 0.326 e. The molecule has 0 aliphatic carbocycles. The summed E-state index contributed by atoms with van der Waals surface area (Å²) in [5.41, 5.74) is 1.50. The van der Waals surface area contributed by atoms with Gasteiger partial charge in [0.1, 0.15) is 35.1 Å². The van der Waals surface area contributed by atoms with Crippen molar-refractivity contribution < 1.29 is 22.7 Å². The van der Waals surface area contributed by atoms with Crippen molar-refractivity contribution in [2.45, 2.75) is 23.9 Å². The third-order valence-corrected chi connectivity index (χ3v) is 9.87. The fourth-order valence-corrected chi connectivity index (χ4v) is 6.61. The molecule has 45 heavy (non-hydrogen) atoms. The van der Waals surface area contributed by atoms with E-state index in [2.05, 4.69) is 5.32 Å². The standard InChI is InChI=1S/C31H30Cl2N6O5S/c1-4-44-25-15-21(17-34)26(45(42,43)37(2)3)16-24(25)30-36-28(19-5-9-22(32)10-6-19)29(20-7-11-23(33)12-8-20)39(30)31(41)38-14-13-35-27(40)18-38/h5-12,15-16,28-29H,4,13-14,18H2,1-3H3,(H,35,40). The van der Waals surface area contributed by atoms with Crippen LogP contribution in [-0.4, -0.2) is 80.6 Å². The molecule has 2 aliphatic rings. The number of urea groups is 1. The highest BCUT2D eigenvalue weighted by molar-refractivity contribution is 7.89. The van der Waals surface area contributed by atoms with Gasteiger partial charge in [-0.3, -0.25) is 14.7 Å². The third kappa shape index (κ3) is 6.35. The number of aliphatic imine (C=N–C) groups is 1. The maximum atomic E-state index is 14.5. The summed E-state index contributed by atoms with van der Waals surface area (Å²) in [5.74, 6) is -0.0161. The van der Waals surface area contributed by atoms with Gasteiger partial charge in [-0.1, -0.05) is 47.5 Å². The SMILES string of the molecule is CCOc1cc(C#N)c(S(=O)(=O)N(C)C)cc1C1=NC(c2ccc(Cl)cc2)C(c2ccc(Cl)cc2)N1C(=O)N1CCNC(=O)C1. The molecule has 0 spiro atoms. The number of hydrogen-bond acceptors (Lipinski definition) is 7. The lowest BCUT2D eigenvalue weighted by Crippen LogP contribution is -2.55. The van der Waals surface area contributed by atoms with Gasteiger partial charge in [-0.25, -0.2) is 17.5 Å². The molecule has 2 heterocycles. The van der Waals surface area contributed by atoms with E-state index < -0.39 is 28.1 Å². The number of carbonyl (C=O) groups excluding carboxylic acids is 2. The van der Waals surface area contributed by atoms with Crippen LogP contribution in [0.2, 0.25) is 10.0 Å². The molecule has 5 rings (SSSR count). The number of ether oxygens (including phenoxy) is 1. The Bertz CT molecular complexity index is 1810. The summed E-state index contributed by atoms with van der Waals surface area (Å²) >= 11 is 12.5. The Morgan fingerprint density at radius 2 is 1.71 bits per heavy atom. The van der Waals surface area contributed by atoms with E-state index in [4.69, 9.17) is 32.9 Å². The van der Waals surface area contributed by atoms with Crippen LogP contribution in [0, 0.1) is 11.3 Å². The van der Waals surface area contributed by atoms with Gasteiger partial charge in [-0.2, -0.15) is 5.26 Å². The highest BCUT2D eigenvalue weighted by Gasteiger charge is 2.45. The highest BCUT2D eigenvalue weighted by atomic mass is 35.5. The van der Waals surface area contributed by atoms with Crippen molar-refractivity contribution in [3.05, 3.63) is 93.0 Å². The first-order valence-electron chi connectivity index (χ1n) is 14.0. The summed E-state index contributed by atoms with van der Waals surface area (Å²) in [4.78, 5) is 34.6. The second kappa shape index (κ2) is 13.1. The molecule has 0 aromatic heterocycles. The number of rotatable bonds is 7. The lowest BCUT2D eigenvalue weighted by Gasteiger charge is -2.36. The molecule has 0 bridgehead atoms. The second-order valence-electron chi connectivity index (χ2n) is 10.5. The number of nitrogens with zero attached hydrogens (tertiary/aromatic N) is 5. The molecular formula is C31H30Cl2N6O5S. The summed E-state index contributed by atoms with van der Waals surface area (Å²) in [6.45, 7) is 2.28. The van der Waals surface area contributed by atoms with Gasteiger partial charge in [-0.15, -0.1) is 0 Å². The Balaban J connectivity index is 1.80. The van der Waals surface area contributed by atoms with Crippen molar-refractivity contribution in [3.63, 3.8) is 0 Å². The lowest BCUT2D eigenvalue weighted by atomic mass is 9.93. The molecule has 2 unspecified atom stereocenters. The number of amides is 3. The molecule has 0 saturated carbocycles. The monoisotopic (exact) mass is 668 g/mol. The molecule has 3 aromatic carbocycles. The first kappa shape index (κ1) is 32.2. The van der Waals surface area contributed by atoms with Crippen molar-refractivity contribution in [1.82, 2.24) is 19.4 Å². The fraction of sp³-hybridized carbons (Fsp3) is 0.290. The second-order valence-corrected chi connectivity index (χ2v) is 13.5. The molecule has 3 aromatic rings. The van der Waals surface area contributed by atoms with E-state index in [0.29, 0.717) is 15.6 Å². The largest absolute Gasteiger partial charge is 0.493 e. The topological polar surface area (TPSA) is 135 Å². The van der Waals surface area contributed by atoms with Crippen LogP contribution in [-0.2, 0) is 14.8 Å². The van der Waals surface area contributed by atoms with Gasteiger partial charge in [0.25, 0.3) is 0 Å². The van der Waals surface area contributed by atoms with Crippen molar-refractivity contribution in [1.29, 1.82) is 5.26 Å². The van der Waals surface area contributed by atoms with Crippen LogP contribution < -0.4 is 10.1 Å². The van der Waals surface area contributed by atoms with Crippen molar-refractivity contribution in [2.24, 2.45) is 4.99 Å². The van der Waals surface area contributed by atoms with E-state index in [9.17, 15) is 23.3 Å². The van der Waals surface area contributed by atoms with E-state index in [1.165, 1.54) is 36.0 Å². The van der Waals surface area contributed by atoms with Gasteiger partial charge < -0.3 is 15.0 Å². The minimum atomic E-state index is -4.11. The molecule has 2 aliphatic heterocycles. The highest BCUT2D eigenvalue weighted by Crippen LogP contribution is 2.46. The van der Waals surface area contributed by atoms with E-state index in [1.54, 1.807) is 43.3 Å². The average Bonchev–Trinajstić information content (AvgIpc) is 3.41. The van der Waals surface area contributed by atoms with Gasteiger partial charge in [-0.05, 0) is 48.4 Å². The van der Waals surface area contributed by atoms with E-state index in [0.717, 1.165) is 9.87 Å². The summed E-state index contributed by atoms with van der Waals surface area (Å²) in [7, 11) is -1.38. The van der Waals surface area contributed by atoms with Gasteiger partial charge in [0.15, 0.2) is 0 Å². The predicted molar refractivity (Wildman–Crippen MR) is 170 cm³/mol. The maximum absolute atomic E-state index is 14.5. The smallest absolute Gasteiger partial charge is 0.326 e. The van der Waals surface area contributed by atoms with Gasteiger partial charge >= 0.3 is 6.03 Å². The molecule has 0 radical (unpaired) electrons. The Labute approximate surface area is 271 Å². The Kier molecular flexibility index (Phi) is 9.36. The molecule has 11 nitrogen and oxygen atoms in total. The predicted octanol–water partition coefficient (Wildman–Crippen LogP) is 4.61. The molecule has 3 amide bonds. The first-order chi connectivity index (χ1) is 21.5. The van der Waals surface area contributed by atoms with Crippen LogP contribution in [0.3, 0.4) is 0 Å². The van der Waals surface area contributed by atoms with Crippen molar-refractivity contribution in [3.8, 4) is 11.8 Å². The number of sulfonamides is 1. The van der Waals surface area contributed by atoms with Crippen molar-refractivity contribution in [2.75, 3.05) is 40.3 Å². The number of nitrogens with one attached hydrogen (secondary N) is 1. The van der Waals surface area contributed by atoms with Gasteiger partial charge in [0.05, 0.1) is 23.8 Å². The number of benzene rings is 3. The Morgan fingerprint density at radius 1 is 1.09 bits per heavy atom. The average molecular weight is 670 g/mol. The van der Waals surface area contributed by atoms with Gasteiger partial charge in [0.2, 0.25) is 15.9 Å². The number of carbonyl (C=O) groups is 2. The number of nitriles is 1. The zero-order valence-corrected chi connectivity index (χ0v) is 27.0. The van der Waals surface area contributed by atoms with Crippen LogP contribution in [0.5, 0.6) is 5.75 Å². The Hall–Kier alpha value is -4.15. The minimum absolute atomic E-state index is 0.119. The summed E-state index contributed by atoms with van der Waals surface area (Å²) in [5, 5.41) is 13.7. The molecule has 234 valence electrons.